The van der Waals surface area contributed by atoms with Crippen molar-refractivity contribution in [2.75, 3.05) is 10.2 Å². The fourth-order valence-electron chi connectivity index (χ4n) is 5.11. The largest absolute Gasteiger partial charge is 0.471 e. The monoisotopic (exact) mass is 548 g/mol. The van der Waals surface area contributed by atoms with E-state index in [9.17, 15) is 40.3 Å². The van der Waals surface area contributed by atoms with Crippen LogP contribution in [0.15, 0.2) is 84.6 Å². The van der Waals surface area contributed by atoms with Gasteiger partial charge in [0.15, 0.2) is 0 Å². The summed E-state index contributed by atoms with van der Waals surface area (Å²) < 4.78 is 94.9. The average Bonchev–Trinajstić information content (AvgIpc) is 3.02. The van der Waals surface area contributed by atoms with Gasteiger partial charge in [-0.1, -0.05) is 42.5 Å². The van der Waals surface area contributed by atoms with Crippen molar-refractivity contribution >= 4 is 23.1 Å². The number of para-hydroxylation sites is 2. The number of rotatable bonds is 2. The van der Waals surface area contributed by atoms with Gasteiger partial charge in [-0.3, -0.25) is 14.5 Å². The molecule has 4 nitrogen and oxygen atoms in total. The lowest BCUT2D eigenvalue weighted by molar-refractivity contribution is -0.171. The molecule has 1 aliphatic carbocycles. The van der Waals surface area contributed by atoms with E-state index in [-0.39, 0.29) is 29.1 Å². The summed E-state index contributed by atoms with van der Waals surface area (Å²) in [5, 5.41) is 3.00. The summed E-state index contributed by atoms with van der Waals surface area (Å²) in [5.41, 5.74) is -0.419. The SMILES string of the molecule is O=C1C[C@@H](c2ccc(F)cc2)C=C2Nc3ccccc3N(C(=O)C(F)(F)F)[C@H](c3ccc(C(F)(F)F)cc3)[C@@H]12. The van der Waals surface area contributed by atoms with Gasteiger partial charge in [0.25, 0.3) is 0 Å². The first-order valence-corrected chi connectivity index (χ1v) is 11.8. The van der Waals surface area contributed by atoms with Gasteiger partial charge in [0.1, 0.15) is 11.6 Å². The van der Waals surface area contributed by atoms with Gasteiger partial charge in [-0.15, -0.1) is 0 Å². The molecule has 1 aliphatic heterocycles. The molecule has 1 heterocycles. The van der Waals surface area contributed by atoms with Crippen molar-refractivity contribution < 1.29 is 40.3 Å². The van der Waals surface area contributed by atoms with Crippen LogP contribution in [-0.2, 0) is 15.8 Å². The molecule has 0 spiro atoms. The van der Waals surface area contributed by atoms with E-state index in [1.54, 1.807) is 6.08 Å². The van der Waals surface area contributed by atoms with Crippen molar-refractivity contribution in [3.63, 3.8) is 0 Å². The van der Waals surface area contributed by atoms with Crippen molar-refractivity contribution in [2.24, 2.45) is 5.92 Å². The van der Waals surface area contributed by atoms with Crippen molar-refractivity contribution in [3.05, 3.63) is 107 Å². The van der Waals surface area contributed by atoms with E-state index in [1.807, 2.05) is 0 Å². The highest BCUT2D eigenvalue weighted by Gasteiger charge is 2.51. The molecule has 0 radical (unpaired) electrons. The molecule has 3 atom stereocenters. The van der Waals surface area contributed by atoms with Gasteiger partial charge < -0.3 is 5.32 Å². The number of benzene rings is 3. The highest BCUT2D eigenvalue weighted by molar-refractivity contribution is 6.03. The Kier molecular flexibility index (Phi) is 6.48. The Balaban J connectivity index is 1.72. The summed E-state index contributed by atoms with van der Waals surface area (Å²) in [7, 11) is 0. The third-order valence-corrected chi connectivity index (χ3v) is 6.86. The Hall–Kier alpha value is -4.15. The van der Waals surface area contributed by atoms with E-state index in [4.69, 9.17) is 0 Å². The Morgan fingerprint density at radius 1 is 0.846 bits per heavy atom. The molecule has 0 fully saturated rings. The molecule has 3 aromatic rings. The molecule has 5 rings (SSSR count). The van der Waals surface area contributed by atoms with Crippen LogP contribution in [0.3, 0.4) is 0 Å². The summed E-state index contributed by atoms with van der Waals surface area (Å²) in [6, 6.07) is 12.8. The van der Waals surface area contributed by atoms with Gasteiger partial charge in [0, 0.05) is 18.0 Å². The fourth-order valence-corrected chi connectivity index (χ4v) is 5.11. The number of allylic oxidation sites excluding steroid dienone is 1. The van der Waals surface area contributed by atoms with Crippen LogP contribution >= 0.6 is 0 Å². The first-order valence-electron chi connectivity index (χ1n) is 11.8. The maximum atomic E-state index is 13.9. The molecule has 202 valence electrons. The zero-order valence-corrected chi connectivity index (χ0v) is 19.9. The van der Waals surface area contributed by atoms with Crippen LogP contribution in [-0.4, -0.2) is 17.9 Å². The first kappa shape index (κ1) is 26.5. The van der Waals surface area contributed by atoms with Gasteiger partial charge in [-0.05, 0) is 47.5 Å². The zero-order chi connectivity index (χ0) is 28.1. The number of hydrogen-bond donors (Lipinski definition) is 1. The number of carbonyl (C=O) groups is 2. The molecule has 11 heteroatoms. The summed E-state index contributed by atoms with van der Waals surface area (Å²) in [4.78, 5) is 27.0. The first-order chi connectivity index (χ1) is 18.3. The molecule has 39 heavy (non-hydrogen) atoms. The number of fused-ring (bicyclic) bond motifs is 2. The van der Waals surface area contributed by atoms with E-state index in [0.717, 1.165) is 12.1 Å². The maximum absolute atomic E-state index is 13.9. The second-order valence-corrected chi connectivity index (χ2v) is 9.31. The second kappa shape index (κ2) is 9.55. The van der Waals surface area contributed by atoms with Gasteiger partial charge >= 0.3 is 18.3 Å². The molecule has 0 saturated heterocycles. The van der Waals surface area contributed by atoms with Crippen LogP contribution in [0.25, 0.3) is 0 Å². The van der Waals surface area contributed by atoms with Crippen LogP contribution in [0.2, 0.25) is 0 Å². The molecular formula is C28H19F7N2O2. The molecular weight excluding hydrogens is 529 g/mol. The average molecular weight is 548 g/mol. The van der Waals surface area contributed by atoms with E-state index in [2.05, 4.69) is 5.32 Å². The highest BCUT2D eigenvalue weighted by Crippen LogP contribution is 2.49. The zero-order valence-electron chi connectivity index (χ0n) is 19.9. The topological polar surface area (TPSA) is 49.4 Å². The van der Waals surface area contributed by atoms with Gasteiger partial charge in [0.05, 0.1) is 28.9 Å². The number of ketones is 1. The Morgan fingerprint density at radius 2 is 1.46 bits per heavy atom. The number of alkyl halides is 6. The normalized spacial score (nSPS) is 21.3. The predicted octanol–water partition coefficient (Wildman–Crippen LogP) is 7.16. The smallest absolute Gasteiger partial charge is 0.357 e. The maximum Gasteiger partial charge on any atom is 0.471 e. The molecule has 0 unspecified atom stereocenters. The van der Waals surface area contributed by atoms with Crippen LogP contribution in [0, 0.1) is 11.7 Å². The van der Waals surface area contributed by atoms with Crippen LogP contribution in [0.4, 0.5) is 42.1 Å². The van der Waals surface area contributed by atoms with E-state index in [1.165, 1.54) is 48.5 Å². The molecule has 0 bridgehead atoms. The van der Waals surface area contributed by atoms with E-state index in [0.29, 0.717) is 22.6 Å². The van der Waals surface area contributed by atoms with E-state index >= 15 is 0 Å². The standard InChI is InChI=1S/C28H19F7N2O2/c29-19-11-7-15(8-12-19)17-13-21-24(23(38)14-17)25(16-5-9-18(10-6-16)27(30,31)32)37(26(39)28(33,34)35)22-4-2-1-3-20(22)36-21/h1-13,17,24-25,36H,14H2/t17-,24+,25+/m0/s1. The van der Waals surface area contributed by atoms with Crippen LogP contribution in [0.5, 0.6) is 0 Å². The van der Waals surface area contributed by atoms with Gasteiger partial charge in [-0.2, -0.15) is 26.3 Å². The van der Waals surface area contributed by atoms with E-state index < -0.39 is 53.3 Å². The highest BCUT2D eigenvalue weighted by atomic mass is 19.4. The summed E-state index contributed by atoms with van der Waals surface area (Å²) in [6.07, 6.45) is -8.59. The minimum absolute atomic E-state index is 0.0800. The minimum atomic E-state index is -5.35. The summed E-state index contributed by atoms with van der Waals surface area (Å²) in [5.74, 6) is -5.20. The quantitative estimate of drug-likeness (QED) is 0.346. The molecule has 3 aromatic carbocycles. The third-order valence-electron chi connectivity index (χ3n) is 6.86. The number of carbonyl (C=O) groups excluding carboxylic acids is 2. The van der Waals surface area contributed by atoms with Crippen molar-refractivity contribution in [3.8, 4) is 0 Å². The Bertz CT molecular complexity index is 1440. The van der Waals surface area contributed by atoms with Crippen LogP contribution < -0.4 is 10.2 Å². The van der Waals surface area contributed by atoms with Gasteiger partial charge in [-0.25, -0.2) is 4.39 Å². The lowest BCUT2D eigenvalue weighted by Crippen LogP contribution is -2.47. The summed E-state index contributed by atoms with van der Waals surface area (Å²) in [6.45, 7) is 0. The van der Waals surface area contributed by atoms with Crippen molar-refractivity contribution in [2.45, 2.75) is 30.7 Å². The third kappa shape index (κ3) is 5.00. The Morgan fingerprint density at radius 3 is 2.08 bits per heavy atom. The molecule has 0 aromatic heterocycles. The molecule has 1 amide bonds. The minimum Gasteiger partial charge on any atom is -0.357 e. The second-order valence-electron chi connectivity index (χ2n) is 9.31. The Labute approximate surface area is 217 Å². The summed E-state index contributed by atoms with van der Waals surface area (Å²) >= 11 is 0. The number of nitrogens with zero attached hydrogens (tertiary/aromatic N) is 1. The lowest BCUT2D eigenvalue weighted by atomic mass is 9.76. The molecule has 2 aliphatic rings. The fraction of sp³-hybridized carbons (Fsp3) is 0.214. The number of halogens is 7. The number of anilines is 2. The van der Waals surface area contributed by atoms with Gasteiger partial charge in [0.2, 0.25) is 0 Å². The number of amides is 1. The number of nitrogens with one attached hydrogen (secondary N) is 1. The lowest BCUT2D eigenvalue weighted by Gasteiger charge is -2.37. The van der Waals surface area contributed by atoms with Crippen molar-refractivity contribution in [1.82, 2.24) is 0 Å². The predicted molar refractivity (Wildman–Crippen MR) is 128 cm³/mol. The van der Waals surface area contributed by atoms with Crippen LogP contribution in [0.1, 0.15) is 35.1 Å². The molecule has 1 N–H and O–H groups in total. The van der Waals surface area contributed by atoms with Crippen molar-refractivity contribution in [1.29, 1.82) is 0 Å². The number of hydrogen-bond acceptors (Lipinski definition) is 3. The number of Topliss-reactive ketones (excluding diaryl/α,β-unsaturated/α-hetero) is 1. The molecule has 0 saturated carbocycles.